The first-order chi connectivity index (χ1) is 13.4. The first-order valence-corrected chi connectivity index (χ1v) is 9.84. The maximum Gasteiger partial charge on any atom is 0.401 e. The fraction of sp³-hybridized carbons (Fsp3) is 0.650. The van der Waals surface area contributed by atoms with Gasteiger partial charge in [0.25, 0.3) is 0 Å². The van der Waals surface area contributed by atoms with Gasteiger partial charge in [0.05, 0.1) is 6.54 Å². The second-order valence-electron chi connectivity index (χ2n) is 7.28. The molecule has 0 unspecified atom stereocenters. The Morgan fingerprint density at radius 1 is 1.17 bits per heavy atom. The molecule has 0 spiro atoms. The van der Waals surface area contributed by atoms with E-state index in [9.17, 15) is 17.6 Å². The Morgan fingerprint density at radius 3 is 2.48 bits per heavy atom. The summed E-state index contributed by atoms with van der Waals surface area (Å²) in [5.74, 6) is 0.948. The van der Waals surface area contributed by atoms with Crippen molar-refractivity contribution in [3.8, 4) is 0 Å². The molecule has 1 fully saturated rings. The van der Waals surface area contributed by atoms with E-state index in [2.05, 4.69) is 15.6 Å². The predicted molar refractivity (Wildman–Crippen MR) is 119 cm³/mol. The molecular weight excluding hydrogens is 499 g/mol. The Kier molecular flexibility index (Phi) is 11.9. The molecule has 29 heavy (non-hydrogen) atoms. The predicted octanol–water partition coefficient (Wildman–Crippen LogP) is 4.21. The van der Waals surface area contributed by atoms with Crippen molar-refractivity contribution in [2.24, 2.45) is 10.9 Å². The molecule has 1 aromatic rings. The Balaban J connectivity index is 0.00000420. The van der Waals surface area contributed by atoms with E-state index in [1.54, 1.807) is 19.2 Å². The van der Waals surface area contributed by atoms with E-state index >= 15 is 0 Å². The lowest BCUT2D eigenvalue weighted by molar-refractivity contribution is -0.148. The zero-order chi connectivity index (χ0) is 20.4. The van der Waals surface area contributed by atoms with Crippen LogP contribution in [0, 0.1) is 11.7 Å². The van der Waals surface area contributed by atoms with Crippen molar-refractivity contribution in [1.82, 2.24) is 15.5 Å². The minimum Gasteiger partial charge on any atom is -0.356 e. The van der Waals surface area contributed by atoms with Crippen LogP contribution in [0.2, 0.25) is 0 Å². The zero-order valence-corrected chi connectivity index (χ0v) is 19.1. The molecule has 1 aliphatic heterocycles. The summed E-state index contributed by atoms with van der Waals surface area (Å²) in [6.07, 6.45) is 0.0694. The summed E-state index contributed by atoms with van der Waals surface area (Å²) in [7, 11) is 1.71. The van der Waals surface area contributed by atoms with Gasteiger partial charge < -0.3 is 10.6 Å². The smallest absolute Gasteiger partial charge is 0.356 e. The second-order valence-corrected chi connectivity index (χ2v) is 7.28. The molecule has 0 saturated carbocycles. The van der Waals surface area contributed by atoms with Crippen molar-refractivity contribution >= 4 is 29.9 Å². The summed E-state index contributed by atoms with van der Waals surface area (Å²) in [5, 5.41) is 6.50. The average Bonchev–Trinajstić information content (AvgIpc) is 2.64. The van der Waals surface area contributed by atoms with E-state index in [1.165, 1.54) is 11.0 Å². The third-order valence-corrected chi connectivity index (χ3v) is 5.00. The summed E-state index contributed by atoms with van der Waals surface area (Å²) in [4.78, 5) is 5.67. The number of rotatable bonds is 8. The molecule has 9 heteroatoms. The number of likely N-dealkylation sites (tertiary alicyclic amines) is 1. The van der Waals surface area contributed by atoms with Gasteiger partial charge in [-0.05, 0) is 68.8 Å². The lowest BCUT2D eigenvalue weighted by Crippen LogP contribution is -2.41. The third-order valence-electron chi connectivity index (χ3n) is 5.00. The van der Waals surface area contributed by atoms with Gasteiger partial charge in [-0.2, -0.15) is 13.2 Å². The molecular formula is C20H31F4IN4. The number of halogens is 5. The first kappa shape index (κ1) is 25.9. The van der Waals surface area contributed by atoms with Gasteiger partial charge in [-0.3, -0.25) is 9.89 Å². The molecule has 1 saturated heterocycles. The minimum absolute atomic E-state index is 0. The van der Waals surface area contributed by atoms with Crippen LogP contribution in [0.5, 0.6) is 0 Å². The largest absolute Gasteiger partial charge is 0.401 e. The van der Waals surface area contributed by atoms with Gasteiger partial charge in [0.1, 0.15) is 5.82 Å². The Bertz CT molecular complexity index is 617. The Labute approximate surface area is 187 Å². The van der Waals surface area contributed by atoms with Crippen molar-refractivity contribution < 1.29 is 17.6 Å². The van der Waals surface area contributed by atoms with E-state index in [0.717, 1.165) is 50.8 Å². The molecule has 1 aromatic carbocycles. The second kappa shape index (κ2) is 13.3. The monoisotopic (exact) mass is 530 g/mol. The highest BCUT2D eigenvalue weighted by Gasteiger charge is 2.32. The molecule has 2 N–H and O–H groups in total. The van der Waals surface area contributed by atoms with Gasteiger partial charge in [0, 0.05) is 20.1 Å². The molecule has 0 amide bonds. The number of piperidine rings is 1. The number of guanidine groups is 1. The lowest BCUT2D eigenvalue weighted by atomic mass is 9.93. The first-order valence-electron chi connectivity index (χ1n) is 9.84. The maximum absolute atomic E-state index is 13.1. The highest BCUT2D eigenvalue weighted by Crippen LogP contribution is 2.23. The Hall–Kier alpha value is -1.10. The number of hydrogen-bond acceptors (Lipinski definition) is 2. The highest BCUT2D eigenvalue weighted by molar-refractivity contribution is 14.0. The lowest BCUT2D eigenvalue weighted by Gasteiger charge is -2.32. The molecule has 0 atom stereocenters. The molecule has 0 bridgehead atoms. The zero-order valence-electron chi connectivity index (χ0n) is 16.8. The fourth-order valence-corrected chi connectivity index (χ4v) is 3.49. The summed E-state index contributed by atoms with van der Waals surface area (Å²) in [6.45, 7) is 1.69. The Morgan fingerprint density at radius 2 is 1.86 bits per heavy atom. The molecule has 0 aliphatic carbocycles. The van der Waals surface area contributed by atoms with Gasteiger partial charge >= 0.3 is 6.18 Å². The van der Waals surface area contributed by atoms with Crippen LogP contribution in [0.3, 0.4) is 0 Å². The van der Waals surface area contributed by atoms with Crippen molar-refractivity contribution in [1.29, 1.82) is 0 Å². The van der Waals surface area contributed by atoms with Gasteiger partial charge in [0.15, 0.2) is 5.96 Å². The number of aryl methyl sites for hydroxylation is 1. The molecule has 4 nitrogen and oxygen atoms in total. The van der Waals surface area contributed by atoms with Crippen molar-refractivity contribution in [3.63, 3.8) is 0 Å². The summed E-state index contributed by atoms with van der Waals surface area (Å²) in [5.41, 5.74) is 0.974. The van der Waals surface area contributed by atoms with Crippen LogP contribution in [0.4, 0.5) is 17.6 Å². The van der Waals surface area contributed by atoms with Crippen LogP contribution >= 0.6 is 24.0 Å². The van der Waals surface area contributed by atoms with Crippen LogP contribution in [-0.2, 0) is 6.42 Å². The molecule has 2 rings (SSSR count). The molecule has 166 valence electrons. The number of benzene rings is 1. The molecule has 1 heterocycles. The number of nitrogens with one attached hydrogen (secondary N) is 2. The highest BCUT2D eigenvalue weighted by atomic mass is 127. The van der Waals surface area contributed by atoms with Crippen LogP contribution in [-0.4, -0.2) is 56.8 Å². The quantitative estimate of drug-likeness (QED) is 0.174. The normalized spacial score (nSPS) is 16.4. The third kappa shape index (κ3) is 11.0. The van der Waals surface area contributed by atoms with E-state index in [4.69, 9.17) is 0 Å². The summed E-state index contributed by atoms with van der Waals surface area (Å²) < 4.78 is 50.4. The van der Waals surface area contributed by atoms with Crippen LogP contribution < -0.4 is 10.6 Å². The average molecular weight is 530 g/mol. The van der Waals surface area contributed by atoms with Crippen molar-refractivity contribution in [3.05, 3.63) is 35.6 Å². The fourth-order valence-electron chi connectivity index (χ4n) is 3.49. The maximum atomic E-state index is 13.1. The van der Waals surface area contributed by atoms with Gasteiger partial charge in [-0.25, -0.2) is 4.39 Å². The number of aliphatic imine (C=N–C) groups is 1. The summed E-state index contributed by atoms with van der Waals surface area (Å²) in [6, 6.07) is 6.61. The van der Waals surface area contributed by atoms with Crippen LogP contribution in [0.25, 0.3) is 0 Å². The van der Waals surface area contributed by atoms with E-state index in [-0.39, 0.29) is 29.8 Å². The number of nitrogens with zero attached hydrogens (tertiary/aromatic N) is 2. The van der Waals surface area contributed by atoms with E-state index in [0.29, 0.717) is 25.0 Å². The van der Waals surface area contributed by atoms with Gasteiger partial charge in [-0.15, -0.1) is 24.0 Å². The molecule has 1 aliphatic rings. The minimum atomic E-state index is -4.11. The van der Waals surface area contributed by atoms with Crippen LogP contribution in [0.1, 0.15) is 31.2 Å². The SMILES string of the molecule is CN=C(NCCCc1cccc(F)c1)NCCC1CCN(CC(F)(F)F)CC1.I. The van der Waals surface area contributed by atoms with E-state index in [1.807, 2.05) is 6.07 Å². The van der Waals surface area contributed by atoms with E-state index < -0.39 is 12.7 Å². The topological polar surface area (TPSA) is 39.7 Å². The standard InChI is InChI=1S/C20H30F4N4.HI/c1-25-19(26-10-3-5-17-4-2-6-18(21)14-17)27-11-7-16-8-12-28(13-9-16)15-20(22,23)24;/h2,4,6,14,16H,3,5,7-13,15H2,1H3,(H2,25,26,27);1H. The van der Waals surface area contributed by atoms with Gasteiger partial charge in [0.2, 0.25) is 0 Å². The van der Waals surface area contributed by atoms with Crippen molar-refractivity contribution in [2.45, 2.75) is 38.3 Å². The van der Waals surface area contributed by atoms with Crippen LogP contribution in [0.15, 0.2) is 29.3 Å². The number of hydrogen-bond donors (Lipinski definition) is 2. The van der Waals surface area contributed by atoms with Gasteiger partial charge in [-0.1, -0.05) is 12.1 Å². The molecule has 0 aromatic heterocycles. The number of alkyl halides is 3. The van der Waals surface area contributed by atoms with Crippen molar-refractivity contribution in [2.75, 3.05) is 39.8 Å². The summed E-state index contributed by atoms with van der Waals surface area (Å²) >= 11 is 0. The molecule has 0 radical (unpaired) electrons.